The quantitative estimate of drug-likeness (QED) is 0.213. The lowest BCUT2D eigenvalue weighted by molar-refractivity contribution is 0.0951. The molecule has 0 aliphatic heterocycles. The van der Waals surface area contributed by atoms with Crippen LogP contribution >= 0.6 is 0 Å². The van der Waals surface area contributed by atoms with Gasteiger partial charge in [0.2, 0.25) is 5.89 Å². The van der Waals surface area contributed by atoms with Crippen molar-refractivity contribution in [3.05, 3.63) is 107 Å². The molecule has 0 atom stereocenters. The van der Waals surface area contributed by atoms with Gasteiger partial charge in [0.15, 0.2) is 5.58 Å². The Morgan fingerprint density at radius 1 is 0.951 bits per heavy atom. The minimum Gasteiger partial charge on any atom is -0.490 e. The van der Waals surface area contributed by atoms with Crippen molar-refractivity contribution < 1.29 is 13.9 Å². The number of nitrogens with zero attached hydrogens (tertiary/aromatic N) is 2. The van der Waals surface area contributed by atoms with Crippen molar-refractivity contribution in [1.29, 1.82) is 5.26 Å². The maximum absolute atomic E-state index is 12.9. The maximum atomic E-state index is 12.9. The van der Waals surface area contributed by atoms with E-state index in [0.717, 1.165) is 33.6 Å². The predicted octanol–water partition coefficient (Wildman–Crippen LogP) is 8.18. The summed E-state index contributed by atoms with van der Waals surface area (Å²) in [6.45, 7) is 10.6. The van der Waals surface area contributed by atoms with E-state index < -0.39 is 0 Å². The molecule has 6 nitrogen and oxygen atoms in total. The lowest BCUT2D eigenvalue weighted by Gasteiger charge is -2.15. The number of hydrogen-bond donors (Lipinski definition) is 1. The molecule has 0 fully saturated rings. The van der Waals surface area contributed by atoms with E-state index in [1.54, 1.807) is 18.2 Å². The molecule has 4 aromatic carbocycles. The molecule has 0 spiro atoms. The van der Waals surface area contributed by atoms with Crippen molar-refractivity contribution in [1.82, 2.24) is 10.3 Å². The molecule has 6 heteroatoms. The van der Waals surface area contributed by atoms with Gasteiger partial charge in [-0.2, -0.15) is 5.26 Å². The Hall–Kier alpha value is -4.89. The first-order valence-electron chi connectivity index (χ1n) is 13.8. The number of nitrogens with one attached hydrogen (secondary N) is 1. The van der Waals surface area contributed by atoms with E-state index in [1.165, 1.54) is 5.56 Å². The first kappa shape index (κ1) is 27.7. The summed E-state index contributed by atoms with van der Waals surface area (Å²) in [6.07, 6.45) is 0.0883. The number of hydrogen-bond acceptors (Lipinski definition) is 5. The standard InChI is InChI=1S/C35H33N3O3/c1-21(2)29-17-25(19-36)18-31-33(29)41-35(38-31)28-13-11-27(12-14-28)34(39)37-20-24-7-9-26(10-8-24)30-16-23(5)6-15-32(30)40-22(3)4/h6-18,21-22H,20H2,1-5H3,(H,37,39). The number of amides is 1. The van der Waals surface area contributed by atoms with E-state index in [-0.39, 0.29) is 17.9 Å². The smallest absolute Gasteiger partial charge is 0.251 e. The number of carbonyl (C=O) groups excluding carboxylic acids is 1. The topological polar surface area (TPSA) is 88.1 Å². The minimum absolute atomic E-state index is 0.0883. The second kappa shape index (κ2) is 11.7. The molecule has 1 heterocycles. The van der Waals surface area contributed by atoms with Crippen LogP contribution in [0.25, 0.3) is 33.7 Å². The molecule has 0 unspecified atom stereocenters. The fourth-order valence-electron chi connectivity index (χ4n) is 4.75. The maximum Gasteiger partial charge on any atom is 0.251 e. The molecule has 1 aromatic heterocycles. The molecule has 5 aromatic rings. The largest absolute Gasteiger partial charge is 0.490 e. The molecule has 0 aliphatic rings. The van der Waals surface area contributed by atoms with Crippen molar-refractivity contribution in [3.8, 4) is 34.4 Å². The van der Waals surface area contributed by atoms with Gasteiger partial charge in [-0.15, -0.1) is 0 Å². The molecule has 206 valence electrons. The third-order valence-electron chi connectivity index (χ3n) is 6.88. The summed E-state index contributed by atoms with van der Waals surface area (Å²) in [5, 5.41) is 12.4. The molecule has 5 rings (SSSR count). The van der Waals surface area contributed by atoms with Gasteiger partial charge in [-0.1, -0.05) is 49.7 Å². The van der Waals surface area contributed by atoms with Gasteiger partial charge in [-0.25, -0.2) is 4.98 Å². The number of aromatic nitrogens is 1. The highest BCUT2D eigenvalue weighted by Gasteiger charge is 2.16. The molecular weight excluding hydrogens is 510 g/mol. The Kier molecular flexibility index (Phi) is 7.89. The molecule has 1 N–H and O–H groups in total. The summed E-state index contributed by atoms with van der Waals surface area (Å²) in [5.41, 5.74) is 8.45. The highest BCUT2D eigenvalue weighted by atomic mass is 16.5. The number of oxazole rings is 1. The zero-order valence-corrected chi connectivity index (χ0v) is 24.0. The normalized spacial score (nSPS) is 11.2. The fraction of sp³-hybridized carbons (Fsp3) is 0.229. The number of benzene rings is 4. The van der Waals surface area contributed by atoms with E-state index in [0.29, 0.717) is 34.7 Å². The summed E-state index contributed by atoms with van der Waals surface area (Å²) in [4.78, 5) is 17.5. The Morgan fingerprint density at radius 3 is 2.32 bits per heavy atom. The van der Waals surface area contributed by atoms with Gasteiger partial charge < -0.3 is 14.5 Å². The van der Waals surface area contributed by atoms with Crippen LogP contribution in [0.5, 0.6) is 5.75 Å². The fourth-order valence-corrected chi connectivity index (χ4v) is 4.75. The Bertz CT molecular complexity index is 1740. The number of ether oxygens (including phenoxy) is 1. The van der Waals surface area contributed by atoms with E-state index in [2.05, 4.69) is 61.4 Å². The summed E-state index contributed by atoms with van der Waals surface area (Å²) in [7, 11) is 0. The number of rotatable bonds is 8. The van der Waals surface area contributed by atoms with Gasteiger partial charge in [0, 0.05) is 28.8 Å². The minimum atomic E-state index is -0.162. The molecule has 0 saturated carbocycles. The first-order chi connectivity index (χ1) is 19.7. The molecule has 0 radical (unpaired) electrons. The predicted molar refractivity (Wildman–Crippen MR) is 162 cm³/mol. The second-order valence-corrected chi connectivity index (χ2v) is 10.8. The third-order valence-corrected chi connectivity index (χ3v) is 6.88. The molecule has 1 amide bonds. The number of fused-ring (bicyclic) bond motifs is 1. The van der Waals surface area contributed by atoms with Gasteiger partial charge in [-0.3, -0.25) is 4.79 Å². The lowest BCUT2D eigenvalue weighted by atomic mass is 10.00. The van der Waals surface area contributed by atoms with E-state index in [1.807, 2.05) is 50.2 Å². The SMILES string of the molecule is Cc1ccc(OC(C)C)c(-c2ccc(CNC(=O)c3ccc(-c4nc5cc(C#N)cc(C(C)C)c5o4)cc3)cc2)c1. The molecule has 0 aliphatic carbocycles. The van der Waals surface area contributed by atoms with Gasteiger partial charge in [0.05, 0.1) is 17.7 Å². The van der Waals surface area contributed by atoms with E-state index in [9.17, 15) is 10.1 Å². The summed E-state index contributed by atoms with van der Waals surface area (Å²) < 4.78 is 12.1. The van der Waals surface area contributed by atoms with Crippen molar-refractivity contribution in [2.24, 2.45) is 0 Å². The van der Waals surface area contributed by atoms with Crippen LogP contribution in [-0.2, 0) is 6.54 Å². The Balaban J connectivity index is 1.27. The summed E-state index contributed by atoms with van der Waals surface area (Å²) in [6, 6.07) is 27.3. The van der Waals surface area contributed by atoms with Gasteiger partial charge >= 0.3 is 0 Å². The van der Waals surface area contributed by atoms with Crippen LogP contribution in [-0.4, -0.2) is 17.0 Å². The monoisotopic (exact) mass is 543 g/mol. The van der Waals surface area contributed by atoms with Crippen LogP contribution in [0.2, 0.25) is 0 Å². The van der Waals surface area contributed by atoms with Crippen LogP contribution in [0, 0.1) is 18.3 Å². The van der Waals surface area contributed by atoms with Crippen LogP contribution < -0.4 is 10.1 Å². The average Bonchev–Trinajstić information content (AvgIpc) is 3.40. The second-order valence-electron chi connectivity index (χ2n) is 10.8. The van der Waals surface area contributed by atoms with Gasteiger partial charge in [0.1, 0.15) is 11.3 Å². The molecular formula is C35H33N3O3. The van der Waals surface area contributed by atoms with Crippen LogP contribution in [0.4, 0.5) is 0 Å². The summed E-state index contributed by atoms with van der Waals surface area (Å²) >= 11 is 0. The van der Waals surface area contributed by atoms with Gasteiger partial charge in [-0.05, 0) is 86.3 Å². The Morgan fingerprint density at radius 2 is 1.66 bits per heavy atom. The van der Waals surface area contributed by atoms with Crippen molar-refractivity contribution in [3.63, 3.8) is 0 Å². The number of nitriles is 1. The van der Waals surface area contributed by atoms with Gasteiger partial charge in [0.25, 0.3) is 5.91 Å². The lowest BCUT2D eigenvalue weighted by Crippen LogP contribution is -2.22. The zero-order chi connectivity index (χ0) is 29.1. The zero-order valence-electron chi connectivity index (χ0n) is 24.0. The number of aryl methyl sites for hydroxylation is 1. The highest BCUT2D eigenvalue weighted by Crippen LogP contribution is 2.33. The Labute approximate surface area is 240 Å². The van der Waals surface area contributed by atoms with Crippen LogP contribution in [0.3, 0.4) is 0 Å². The average molecular weight is 544 g/mol. The first-order valence-corrected chi connectivity index (χ1v) is 13.8. The van der Waals surface area contributed by atoms with Crippen molar-refractivity contribution >= 4 is 17.0 Å². The van der Waals surface area contributed by atoms with Crippen molar-refractivity contribution in [2.75, 3.05) is 0 Å². The van der Waals surface area contributed by atoms with Crippen LogP contribution in [0.1, 0.15) is 66.2 Å². The number of carbonyl (C=O) groups is 1. The summed E-state index contributed by atoms with van der Waals surface area (Å²) in [5.74, 6) is 1.35. The third kappa shape index (κ3) is 6.15. The van der Waals surface area contributed by atoms with E-state index in [4.69, 9.17) is 9.15 Å². The van der Waals surface area contributed by atoms with E-state index >= 15 is 0 Å². The molecule has 0 bridgehead atoms. The highest BCUT2D eigenvalue weighted by molar-refractivity contribution is 5.94. The molecule has 0 saturated heterocycles. The van der Waals surface area contributed by atoms with Crippen LogP contribution in [0.15, 0.2) is 83.3 Å². The van der Waals surface area contributed by atoms with Crippen molar-refractivity contribution in [2.45, 2.75) is 53.2 Å². The molecule has 41 heavy (non-hydrogen) atoms.